The van der Waals surface area contributed by atoms with E-state index < -0.39 is 12.8 Å². The minimum Gasteiger partial charge on any atom is -0.483 e. The molecule has 4 rings (SSSR count). The summed E-state index contributed by atoms with van der Waals surface area (Å²) in [6, 6.07) is 12.6. The lowest BCUT2D eigenvalue weighted by molar-refractivity contribution is -0.153. The zero-order valence-corrected chi connectivity index (χ0v) is 18.8. The third-order valence-corrected chi connectivity index (χ3v) is 6.76. The SMILES string of the molecule is O=C(c1cccc(OCC(F)(F)F)c1Cl)N1CCN2C[C@@H](c3ccc(Cl)cc3)CC[C@@H]2C1. The molecular weight excluding hydrogens is 464 g/mol. The number of piperazine rings is 1. The molecule has 1 amide bonds. The average Bonchev–Trinajstić information content (AvgIpc) is 2.77. The molecule has 0 unspecified atom stereocenters. The second-order valence-electron chi connectivity index (χ2n) is 8.25. The number of benzene rings is 2. The van der Waals surface area contributed by atoms with Gasteiger partial charge in [-0.3, -0.25) is 9.69 Å². The van der Waals surface area contributed by atoms with Gasteiger partial charge in [-0.2, -0.15) is 13.2 Å². The zero-order valence-electron chi connectivity index (χ0n) is 17.2. The second-order valence-corrected chi connectivity index (χ2v) is 9.06. The van der Waals surface area contributed by atoms with Crippen molar-refractivity contribution in [2.45, 2.75) is 31.0 Å². The topological polar surface area (TPSA) is 32.8 Å². The number of hydrogen-bond acceptors (Lipinski definition) is 3. The van der Waals surface area contributed by atoms with Crippen LogP contribution < -0.4 is 4.74 Å². The summed E-state index contributed by atoms with van der Waals surface area (Å²) < 4.78 is 42.2. The van der Waals surface area contributed by atoms with Gasteiger partial charge in [-0.25, -0.2) is 0 Å². The van der Waals surface area contributed by atoms with Crippen LogP contribution in [0.25, 0.3) is 0 Å². The number of fused-ring (bicyclic) bond motifs is 1. The maximum atomic E-state index is 13.1. The number of nitrogens with zero attached hydrogens (tertiary/aromatic N) is 2. The summed E-state index contributed by atoms with van der Waals surface area (Å²) in [7, 11) is 0. The lowest BCUT2D eigenvalue weighted by Gasteiger charge is -2.46. The summed E-state index contributed by atoms with van der Waals surface area (Å²) in [5.41, 5.74) is 1.43. The van der Waals surface area contributed by atoms with Crippen molar-refractivity contribution >= 4 is 29.1 Å². The summed E-state index contributed by atoms with van der Waals surface area (Å²) >= 11 is 12.2. The first-order valence-electron chi connectivity index (χ1n) is 10.5. The first-order chi connectivity index (χ1) is 15.2. The highest BCUT2D eigenvalue weighted by atomic mass is 35.5. The van der Waals surface area contributed by atoms with Crippen LogP contribution in [0.4, 0.5) is 13.2 Å². The van der Waals surface area contributed by atoms with Gasteiger partial charge in [0.05, 0.1) is 10.6 Å². The van der Waals surface area contributed by atoms with Crippen molar-refractivity contribution in [1.29, 1.82) is 0 Å². The predicted octanol–water partition coefficient (Wildman–Crippen LogP) is 5.64. The number of hydrogen-bond donors (Lipinski definition) is 0. The molecule has 2 saturated heterocycles. The van der Waals surface area contributed by atoms with Crippen LogP contribution in [0.15, 0.2) is 42.5 Å². The second kappa shape index (κ2) is 9.49. The zero-order chi connectivity index (χ0) is 22.9. The Balaban J connectivity index is 1.40. The van der Waals surface area contributed by atoms with Crippen LogP contribution in [0, 0.1) is 0 Å². The molecule has 0 radical (unpaired) electrons. The Morgan fingerprint density at radius 3 is 2.50 bits per heavy atom. The van der Waals surface area contributed by atoms with Gasteiger partial charge in [0.15, 0.2) is 6.61 Å². The molecule has 2 aromatic carbocycles. The number of alkyl halides is 3. The first-order valence-corrected chi connectivity index (χ1v) is 11.2. The normalized spacial score (nSPS) is 21.8. The van der Waals surface area contributed by atoms with E-state index in [2.05, 4.69) is 17.0 Å². The van der Waals surface area contributed by atoms with Crippen LogP contribution in [0.3, 0.4) is 0 Å². The summed E-state index contributed by atoms with van der Waals surface area (Å²) in [6.07, 6.45) is -2.50. The molecule has 2 aromatic rings. The number of rotatable bonds is 4. The monoisotopic (exact) mass is 486 g/mol. The van der Waals surface area contributed by atoms with Crippen molar-refractivity contribution in [2.24, 2.45) is 0 Å². The van der Waals surface area contributed by atoms with E-state index in [0.717, 1.165) is 31.0 Å². The first kappa shape index (κ1) is 23.2. The van der Waals surface area contributed by atoms with E-state index in [1.165, 1.54) is 23.8 Å². The number of carbonyl (C=O) groups is 1. The summed E-state index contributed by atoms with van der Waals surface area (Å²) in [6.45, 7) is 1.31. The van der Waals surface area contributed by atoms with E-state index in [1.807, 2.05) is 12.1 Å². The molecule has 0 N–H and O–H groups in total. The largest absolute Gasteiger partial charge is 0.483 e. The molecule has 172 valence electrons. The Morgan fingerprint density at radius 1 is 1.03 bits per heavy atom. The van der Waals surface area contributed by atoms with Gasteiger partial charge in [-0.05, 0) is 48.6 Å². The van der Waals surface area contributed by atoms with Crippen molar-refractivity contribution in [1.82, 2.24) is 9.80 Å². The van der Waals surface area contributed by atoms with Crippen molar-refractivity contribution in [3.63, 3.8) is 0 Å². The van der Waals surface area contributed by atoms with E-state index in [0.29, 0.717) is 19.0 Å². The number of piperidine rings is 1. The van der Waals surface area contributed by atoms with Gasteiger partial charge in [0, 0.05) is 37.2 Å². The summed E-state index contributed by atoms with van der Waals surface area (Å²) in [5.74, 6) is 0.00607. The van der Waals surface area contributed by atoms with Gasteiger partial charge in [0.1, 0.15) is 5.75 Å². The molecule has 32 heavy (non-hydrogen) atoms. The molecule has 0 aromatic heterocycles. The van der Waals surface area contributed by atoms with Crippen LogP contribution in [-0.4, -0.2) is 60.7 Å². The average molecular weight is 487 g/mol. The van der Waals surface area contributed by atoms with Gasteiger partial charge in [-0.1, -0.05) is 41.4 Å². The molecular formula is C23H23Cl2F3N2O2. The highest BCUT2D eigenvalue weighted by molar-refractivity contribution is 6.35. The number of carbonyl (C=O) groups excluding carboxylic acids is 1. The minimum atomic E-state index is -4.48. The van der Waals surface area contributed by atoms with Gasteiger partial charge >= 0.3 is 6.18 Å². The Morgan fingerprint density at radius 2 is 1.78 bits per heavy atom. The Hall–Kier alpha value is -1.96. The molecule has 0 saturated carbocycles. The quantitative estimate of drug-likeness (QED) is 0.560. The van der Waals surface area contributed by atoms with Crippen LogP contribution in [0.5, 0.6) is 5.75 Å². The van der Waals surface area contributed by atoms with Crippen LogP contribution in [0.1, 0.15) is 34.7 Å². The lowest BCUT2D eigenvalue weighted by Crippen LogP contribution is -2.57. The van der Waals surface area contributed by atoms with Crippen molar-refractivity contribution in [3.05, 3.63) is 63.6 Å². The molecule has 2 fully saturated rings. The fourth-order valence-corrected chi connectivity index (χ4v) is 4.87. The minimum absolute atomic E-state index is 0.0874. The maximum absolute atomic E-state index is 13.1. The van der Waals surface area contributed by atoms with Gasteiger partial charge < -0.3 is 9.64 Å². The van der Waals surface area contributed by atoms with E-state index in [9.17, 15) is 18.0 Å². The summed E-state index contributed by atoms with van der Waals surface area (Å²) in [4.78, 5) is 17.2. The molecule has 2 aliphatic heterocycles. The van der Waals surface area contributed by atoms with E-state index in [-0.39, 0.29) is 28.3 Å². The third-order valence-electron chi connectivity index (χ3n) is 6.12. The highest BCUT2D eigenvalue weighted by Crippen LogP contribution is 2.34. The van der Waals surface area contributed by atoms with Crippen molar-refractivity contribution in [2.75, 3.05) is 32.8 Å². The van der Waals surface area contributed by atoms with Crippen molar-refractivity contribution in [3.8, 4) is 5.75 Å². The number of halogens is 5. The van der Waals surface area contributed by atoms with Gasteiger partial charge in [0.2, 0.25) is 0 Å². The lowest BCUT2D eigenvalue weighted by atomic mass is 9.86. The molecule has 9 heteroatoms. The molecule has 2 aliphatic rings. The van der Waals surface area contributed by atoms with Gasteiger partial charge in [0.25, 0.3) is 5.91 Å². The smallest absolute Gasteiger partial charge is 0.422 e. The number of amides is 1. The molecule has 0 bridgehead atoms. The number of ether oxygens (including phenoxy) is 1. The Kier molecular flexibility index (Phi) is 6.89. The Labute approximate surface area is 194 Å². The molecule has 0 spiro atoms. The van der Waals surface area contributed by atoms with Crippen LogP contribution >= 0.6 is 23.2 Å². The standard InChI is InChI=1S/C23H23Cl2F3N2O2/c24-17-7-4-15(5-8-17)16-6-9-18-13-30(11-10-29(18)12-16)22(31)19-2-1-3-20(21(19)25)32-14-23(26,27)28/h1-5,7-8,16,18H,6,9-14H2/t16-,18+/m0/s1. The fraction of sp³-hybridized carbons (Fsp3) is 0.435. The van der Waals surface area contributed by atoms with E-state index >= 15 is 0 Å². The molecule has 2 heterocycles. The highest BCUT2D eigenvalue weighted by Gasteiger charge is 2.36. The van der Waals surface area contributed by atoms with Crippen LogP contribution in [0.2, 0.25) is 10.0 Å². The van der Waals surface area contributed by atoms with Crippen molar-refractivity contribution < 1.29 is 22.7 Å². The maximum Gasteiger partial charge on any atom is 0.422 e. The molecule has 0 aliphatic carbocycles. The fourth-order valence-electron chi connectivity index (χ4n) is 4.48. The summed E-state index contributed by atoms with van der Waals surface area (Å²) in [5, 5.41) is 0.636. The Bertz CT molecular complexity index is 969. The van der Waals surface area contributed by atoms with Gasteiger partial charge in [-0.15, -0.1) is 0 Å². The van der Waals surface area contributed by atoms with E-state index in [1.54, 1.807) is 4.90 Å². The molecule has 2 atom stereocenters. The van der Waals surface area contributed by atoms with E-state index in [4.69, 9.17) is 27.9 Å². The predicted molar refractivity (Wildman–Crippen MR) is 118 cm³/mol. The van der Waals surface area contributed by atoms with Crippen LogP contribution in [-0.2, 0) is 0 Å². The molecule has 4 nitrogen and oxygen atoms in total. The third kappa shape index (κ3) is 5.33.